The molecule has 0 aliphatic rings. The Morgan fingerprint density at radius 1 is 1.28 bits per heavy atom. The Morgan fingerprint density at radius 2 is 2.00 bits per heavy atom. The van der Waals surface area contributed by atoms with Crippen LogP contribution in [0.3, 0.4) is 0 Å². The number of hydrogen-bond acceptors (Lipinski definition) is 6. The van der Waals surface area contributed by atoms with Crippen molar-refractivity contribution >= 4 is 29.9 Å². The van der Waals surface area contributed by atoms with E-state index in [0.717, 1.165) is 0 Å². The predicted octanol–water partition coefficient (Wildman–Crippen LogP) is 2.14. The van der Waals surface area contributed by atoms with Crippen molar-refractivity contribution < 1.29 is 14.0 Å². The highest BCUT2D eigenvalue weighted by molar-refractivity contribution is 14.0. The van der Waals surface area contributed by atoms with E-state index in [0.29, 0.717) is 42.3 Å². The number of benzene rings is 1. The minimum Gasteiger partial charge on any atom is -0.493 e. The van der Waals surface area contributed by atoms with Crippen LogP contribution in [0, 0.1) is 6.92 Å². The third-order valence-corrected chi connectivity index (χ3v) is 3.16. The number of nitrogens with one attached hydrogen (secondary N) is 2. The van der Waals surface area contributed by atoms with Gasteiger partial charge in [0.05, 0.1) is 20.2 Å². The molecule has 0 saturated carbocycles. The molecular formula is C16H24IN5O3. The molecule has 0 amide bonds. The van der Waals surface area contributed by atoms with Crippen LogP contribution in [-0.2, 0) is 6.54 Å². The number of guanidine groups is 1. The van der Waals surface area contributed by atoms with E-state index < -0.39 is 0 Å². The maximum atomic E-state index is 5.89. The quantitative estimate of drug-likeness (QED) is 0.371. The first kappa shape index (κ1) is 21.0. The number of aryl methyl sites for hydroxylation is 1. The third kappa shape index (κ3) is 6.77. The zero-order chi connectivity index (χ0) is 17.4. The van der Waals surface area contributed by atoms with Gasteiger partial charge < -0.3 is 24.6 Å². The van der Waals surface area contributed by atoms with Gasteiger partial charge in [-0.3, -0.25) is 4.99 Å². The van der Waals surface area contributed by atoms with E-state index in [1.165, 1.54) is 0 Å². The van der Waals surface area contributed by atoms with Crippen molar-refractivity contribution in [2.45, 2.75) is 26.5 Å². The van der Waals surface area contributed by atoms with Crippen LogP contribution in [0.1, 0.15) is 18.6 Å². The molecule has 8 nitrogen and oxygen atoms in total. The van der Waals surface area contributed by atoms with Gasteiger partial charge in [0.15, 0.2) is 23.3 Å². The highest BCUT2D eigenvalue weighted by Crippen LogP contribution is 2.26. The molecule has 2 N–H and O–H groups in total. The standard InChI is InChI=1S/C16H23N5O3.HI/c1-11(23-14-8-6-5-7-13(14)22-4)9-18-16(17-3)19-10-15-20-12(2)24-21-15;/h5-8,11H,9-10H2,1-4H3,(H2,17,18,19);1H. The highest BCUT2D eigenvalue weighted by atomic mass is 127. The average molecular weight is 461 g/mol. The van der Waals surface area contributed by atoms with Gasteiger partial charge in [-0.25, -0.2) is 0 Å². The van der Waals surface area contributed by atoms with E-state index >= 15 is 0 Å². The molecule has 0 saturated heterocycles. The molecule has 0 radical (unpaired) electrons. The summed E-state index contributed by atoms with van der Waals surface area (Å²) in [5, 5.41) is 10.1. The first-order valence-corrected chi connectivity index (χ1v) is 7.65. The monoisotopic (exact) mass is 461 g/mol. The summed E-state index contributed by atoms with van der Waals surface area (Å²) in [6, 6.07) is 7.55. The number of hydrogen-bond donors (Lipinski definition) is 2. The fourth-order valence-electron chi connectivity index (χ4n) is 2.01. The van der Waals surface area contributed by atoms with Gasteiger partial charge in [-0.05, 0) is 19.1 Å². The van der Waals surface area contributed by atoms with E-state index in [4.69, 9.17) is 14.0 Å². The SMILES string of the molecule is CN=C(NCc1noc(C)n1)NCC(C)Oc1ccccc1OC.I. The number of ether oxygens (including phenoxy) is 2. The summed E-state index contributed by atoms with van der Waals surface area (Å²) in [5.74, 6) is 3.16. The van der Waals surface area contributed by atoms with E-state index in [1.807, 2.05) is 31.2 Å². The van der Waals surface area contributed by atoms with Crippen molar-refractivity contribution in [3.63, 3.8) is 0 Å². The van der Waals surface area contributed by atoms with Crippen LogP contribution in [0.15, 0.2) is 33.8 Å². The zero-order valence-corrected chi connectivity index (χ0v) is 17.1. The number of nitrogens with zero attached hydrogens (tertiary/aromatic N) is 3. The lowest BCUT2D eigenvalue weighted by Crippen LogP contribution is -2.41. The second-order valence-corrected chi connectivity index (χ2v) is 5.12. The molecule has 1 unspecified atom stereocenters. The van der Waals surface area contributed by atoms with Gasteiger partial charge in [-0.2, -0.15) is 4.98 Å². The molecular weight excluding hydrogens is 437 g/mol. The smallest absolute Gasteiger partial charge is 0.223 e. The maximum absolute atomic E-state index is 5.89. The molecule has 1 aromatic carbocycles. The van der Waals surface area contributed by atoms with Gasteiger partial charge in [0.25, 0.3) is 0 Å². The molecule has 1 atom stereocenters. The summed E-state index contributed by atoms with van der Waals surface area (Å²) < 4.78 is 16.1. The molecule has 25 heavy (non-hydrogen) atoms. The Morgan fingerprint density at radius 3 is 2.60 bits per heavy atom. The topological polar surface area (TPSA) is 93.8 Å². The van der Waals surface area contributed by atoms with Crippen LogP contribution in [-0.4, -0.2) is 42.9 Å². The van der Waals surface area contributed by atoms with Crippen LogP contribution < -0.4 is 20.1 Å². The Kier molecular flexibility index (Phi) is 9.03. The zero-order valence-electron chi connectivity index (χ0n) is 14.8. The molecule has 1 heterocycles. The van der Waals surface area contributed by atoms with Crippen LogP contribution >= 0.6 is 24.0 Å². The lowest BCUT2D eigenvalue weighted by molar-refractivity contribution is 0.213. The van der Waals surface area contributed by atoms with Crippen molar-refractivity contribution in [1.29, 1.82) is 0 Å². The molecule has 9 heteroatoms. The lowest BCUT2D eigenvalue weighted by atomic mass is 10.3. The molecule has 1 aromatic heterocycles. The van der Waals surface area contributed by atoms with Crippen molar-refractivity contribution in [3.05, 3.63) is 36.0 Å². The molecule has 0 aliphatic carbocycles. The van der Waals surface area contributed by atoms with Gasteiger partial charge in [0.1, 0.15) is 6.10 Å². The molecule has 0 fully saturated rings. The summed E-state index contributed by atoms with van der Waals surface area (Å²) in [7, 11) is 3.32. The van der Waals surface area contributed by atoms with Gasteiger partial charge in [0, 0.05) is 14.0 Å². The Bertz CT molecular complexity index is 677. The Labute approximate surface area is 164 Å². The van der Waals surface area contributed by atoms with Crippen LogP contribution in [0.5, 0.6) is 11.5 Å². The van der Waals surface area contributed by atoms with Crippen molar-refractivity contribution in [2.24, 2.45) is 4.99 Å². The number of aromatic nitrogens is 2. The number of rotatable bonds is 7. The highest BCUT2D eigenvalue weighted by Gasteiger charge is 2.10. The van der Waals surface area contributed by atoms with Crippen LogP contribution in [0.4, 0.5) is 0 Å². The molecule has 0 aliphatic heterocycles. The van der Waals surface area contributed by atoms with Crippen molar-refractivity contribution in [1.82, 2.24) is 20.8 Å². The number of methoxy groups -OCH3 is 1. The first-order chi connectivity index (χ1) is 11.6. The largest absolute Gasteiger partial charge is 0.493 e. The van der Waals surface area contributed by atoms with E-state index in [1.54, 1.807) is 21.1 Å². The van der Waals surface area contributed by atoms with Crippen molar-refractivity contribution in [3.8, 4) is 11.5 Å². The molecule has 0 bridgehead atoms. The number of aliphatic imine (C=N–C) groups is 1. The Hall–Kier alpha value is -2.04. The molecule has 2 aromatic rings. The second kappa shape index (κ2) is 10.7. The molecule has 138 valence electrons. The number of para-hydroxylation sites is 2. The summed E-state index contributed by atoms with van der Waals surface area (Å²) >= 11 is 0. The van der Waals surface area contributed by atoms with Crippen LogP contribution in [0.25, 0.3) is 0 Å². The van der Waals surface area contributed by atoms with E-state index in [2.05, 4.69) is 25.8 Å². The van der Waals surface area contributed by atoms with Gasteiger partial charge in [-0.1, -0.05) is 17.3 Å². The number of halogens is 1. The predicted molar refractivity (Wildman–Crippen MR) is 106 cm³/mol. The first-order valence-electron chi connectivity index (χ1n) is 7.65. The third-order valence-electron chi connectivity index (χ3n) is 3.16. The minimum atomic E-state index is -0.0766. The van der Waals surface area contributed by atoms with E-state index in [9.17, 15) is 0 Å². The normalized spacial score (nSPS) is 12.1. The van der Waals surface area contributed by atoms with Gasteiger partial charge in [-0.15, -0.1) is 24.0 Å². The van der Waals surface area contributed by atoms with Crippen LogP contribution in [0.2, 0.25) is 0 Å². The summed E-state index contributed by atoms with van der Waals surface area (Å²) in [6.45, 7) is 4.72. The maximum Gasteiger partial charge on any atom is 0.223 e. The van der Waals surface area contributed by atoms with E-state index in [-0.39, 0.29) is 30.1 Å². The van der Waals surface area contributed by atoms with Crippen molar-refractivity contribution in [2.75, 3.05) is 20.7 Å². The summed E-state index contributed by atoms with van der Waals surface area (Å²) in [4.78, 5) is 8.28. The Balaban J connectivity index is 0.00000312. The summed E-state index contributed by atoms with van der Waals surface area (Å²) in [6.07, 6.45) is -0.0766. The minimum absolute atomic E-state index is 0. The second-order valence-electron chi connectivity index (χ2n) is 5.12. The summed E-state index contributed by atoms with van der Waals surface area (Å²) in [5.41, 5.74) is 0. The molecule has 0 spiro atoms. The van der Waals surface area contributed by atoms with Gasteiger partial charge in [0.2, 0.25) is 5.89 Å². The molecule has 2 rings (SSSR count). The lowest BCUT2D eigenvalue weighted by Gasteiger charge is -2.18. The fraction of sp³-hybridized carbons (Fsp3) is 0.438. The van der Waals surface area contributed by atoms with Gasteiger partial charge >= 0.3 is 0 Å². The average Bonchev–Trinajstić information content (AvgIpc) is 3.01. The fourth-order valence-corrected chi connectivity index (χ4v) is 2.01.